The lowest BCUT2D eigenvalue weighted by atomic mass is 9.94. The van der Waals surface area contributed by atoms with Gasteiger partial charge in [-0.3, -0.25) is 9.59 Å². The van der Waals surface area contributed by atoms with Crippen molar-refractivity contribution in [2.45, 2.75) is 12.5 Å². The first kappa shape index (κ1) is 23.6. The Kier molecular flexibility index (Phi) is 7.43. The molecule has 8 heteroatoms. The molecule has 0 bridgehead atoms. The number of rotatable bonds is 8. The lowest BCUT2D eigenvalue weighted by Gasteiger charge is -2.27. The van der Waals surface area contributed by atoms with Crippen LogP contribution < -0.4 is 9.47 Å². The van der Waals surface area contributed by atoms with Crippen LogP contribution in [0.5, 0.6) is 11.5 Å². The van der Waals surface area contributed by atoms with Crippen molar-refractivity contribution in [2.24, 2.45) is 0 Å². The summed E-state index contributed by atoms with van der Waals surface area (Å²) in [6.45, 7) is 1.08. The summed E-state index contributed by atoms with van der Waals surface area (Å²) in [4.78, 5) is 29.7. The number of aliphatic hydroxyl groups is 1. The molecule has 2 aromatic rings. The number of nitrogens with zero attached hydrogens (tertiary/aromatic N) is 2. The Labute approximate surface area is 192 Å². The summed E-state index contributed by atoms with van der Waals surface area (Å²) >= 11 is 5.97. The summed E-state index contributed by atoms with van der Waals surface area (Å²) < 4.78 is 11.0. The molecule has 1 aliphatic rings. The van der Waals surface area contributed by atoms with Crippen LogP contribution in [-0.2, 0) is 9.59 Å². The summed E-state index contributed by atoms with van der Waals surface area (Å²) in [6, 6.07) is 10.9. The molecule has 0 radical (unpaired) electrons. The number of ether oxygens (including phenoxy) is 2. The van der Waals surface area contributed by atoms with Crippen LogP contribution in [0.1, 0.15) is 23.6 Å². The van der Waals surface area contributed by atoms with Gasteiger partial charge in [-0.1, -0.05) is 23.7 Å². The minimum Gasteiger partial charge on any atom is -0.507 e. The van der Waals surface area contributed by atoms with Gasteiger partial charge in [-0.2, -0.15) is 0 Å². The van der Waals surface area contributed by atoms with Crippen LogP contribution in [0.25, 0.3) is 5.76 Å². The fourth-order valence-corrected chi connectivity index (χ4v) is 4.01. The predicted octanol–water partition coefficient (Wildman–Crippen LogP) is 3.73. The highest BCUT2D eigenvalue weighted by Gasteiger charge is 2.47. The zero-order valence-electron chi connectivity index (χ0n) is 18.6. The molecule has 2 aromatic carbocycles. The van der Waals surface area contributed by atoms with Gasteiger partial charge in [-0.05, 0) is 57.4 Å². The van der Waals surface area contributed by atoms with Crippen molar-refractivity contribution >= 4 is 29.1 Å². The Morgan fingerprint density at radius 2 is 1.78 bits per heavy atom. The smallest absolute Gasteiger partial charge is 0.295 e. The van der Waals surface area contributed by atoms with E-state index >= 15 is 0 Å². The van der Waals surface area contributed by atoms with Gasteiger partial charge in [0.25, 0.3) is 11.7 Å². The molecule has 1 atom stereocenters. The molecule has 0 saturated carbocycles. The van der Waals surface area contributed by atoms with Gasteiger partial charge in [-0.25, -0.2) is 0 Å². The zero-order valence-corrected chi connectivity index (χ0v) is 19.3. The van der Waals surface area contributed by atoms with Crippen molar-refractivity contribution in [3.8, 4) is 11.5 Å². The number of Topliss-reactive ketones (excluding diaryl/α,β-unsaturated/α-hetero) is 1. The predicted molar refractivity (Wildman–Crippen MR) is 123 cm³/mol. The summed E-state index contributed by atoms with van der Waals surface area (Å²) in [5, 5.41) is 11.6. The number of para-hydroxylation sites is 1. The summed E-state index contributed by atoms with van der Waals surface area (Å²) in [6.07, 6.45) is 0.657. The van der Waals surface area contributed by atoms with Crippen molar-refractivity contribution in [1.82, 2.24) is 9.80 Å². The maximum absolute atomic E-state index is 13.1. The largest absolute Gasteiger partial charge is 0.507 e. The molecular formula is C24H27ClN2O5. The van der Waals surface area contributed by atoms with E-state index in [0.717, 1.165) is 6.54 Å². The van der Waals surface area contributed by atoms with E-state index < -0.39 is 17.7 Å². The van der Waals surface area contributed by atoms with E-state index in [9.17, 15) is 14.7 Å². The zero-order chi connectivity index (χ0) is 23.4. The molecule has 1 saturated heterocycles. The van der Waals surface area contributed by atoms with Gasteiger partial charge < -0.3 is 24.4 Å². The van der Waals surface area contributed by atoms with E-state index in [-0.39, 0.29) is 11.3 Å². The van der Waals surface area contributed by atoms with Crippen molar-refractivity contribution in [3.63, 3.8) is 0 Å². The van der Waals surface area contributed by atoms with E-state index in [1.807, 2.05) is 19.0 Å². The minimum atomic E-state index is -0.821. The average Bonchev–Trinajstić information content (AvgIpc) is 3.03. The van der Waals surface area contributed by atoms with E-state index in [1.165, 1.54) is 19.1 Å². The van der Waals surface area contributed by atoms with Gasteiger partial charge in [0.2, 0.25) is 0 Å². The van der Waals surface area contributed by atoms with Crippen LogP contribution in [0.15, 0.2) is 48.0 Å². The lowest BCUT2D eigenvalue weighted by Crippen LogP contribution is -2.32. The molecule has 0 aromatic heterocycles. The number of carbonyl (C=O) groups excluding carboxylic acids is 2. The van der Waals surface area contributed by atoms with Crippen LogP contribution in [0, 0.1) is 0 Å². The Balaban J connectivity index is 2.19. The Morgan fingerprint density at radius 1 is 1.09 bits per heavy atom. The molecule has 0 aliphatic carbocycles. The SMILES string of the molecule is COc1cccc(C2C(=C(O)c3ccc(Cl)cc3)C(=O)C(=O)N2CCCN(C)C)c1OC. The summed E-state index contributed by atoms with van der Waals surface area (Å²) in [7, 11) is 6.90. The number of carbonyl (C=O) groups is 2. The van der Waals surface area contributed by atoms with Gasteiger partial charge in [0, 0.05) is 22.7 Å². The molecule has 32 heavy (non-hydrogen) atoms. The van der Waals surface area contributed by atoms with E-state index in [4.69, 9.17) is 21.1 Å². The van der Waals surface area contributed by atoms with Gasteiger partial charge >= 0.3 is 0 Å². The standard InChI is InChI=1S/C24H27ClN2O5/c1-26(2)13-6-14-27-20(17-7-5-8-18(31-3)23(17)32-4)19(22(29)24(27)30)21(28)15-9-11-16(25)12-10-15/h5,7-12,20,28H,6,13-14H2,1-4H3. The number of benzene rings is 2. The first-order valence-electron chi connectivity index (χ1n) is 10.2. The van der Waals surface area contributed by atoms with Gasteiger partial charge in [0.1, 0.15) is 5.76 Å². The third-order valence-electron chi connectivity index (χ3n) is 5.39. The molecular weight excluding hydrogens is 432 g/mol. The molecule has 170 valence electrons. The van der Waals surface area contributed by atoms with Crippen molar-refractivity contribution in [1.29, 1.82) is 0 Å². The van der Waals surface area contributed by atoms with Crippen LogP contribution in [0.3, 0.4) is 0 Å². The Hall–Kier alpha value is -3.03. The highest BCUT2D eigenvalue weighted by Crippen LogP contribution is 2.45. The molecule has 1 aliphatic heterocycles. The highest BCUT2D eigenvalue weighted by molar-refractivity contribution is 6.46. The average molecular weight is 459 g/mol. The van der Waals surface area contributed by atoms with Crippen LogP contribution in [0.4, 0.5) is 0 Å². The molecule has 1 heterocycles. The fraction of sp³-hybridized carbons (Fsp3) is 0.333. The first-order chi connectivity index (χ1) is 15.3. The molecule has 7 nitrogen and oxygen atoms in total. The lowest BCUT2D eigenvalue weighted by molar-refractivity contribution is -0.140. The first-order valence-corrected chi connectivity index (χ1v) is 10.6. The fourth-order valence-electron chi connectivity index (χ4n) is 3.88. The quantitative estimate of drug-likeness (QED) is 0.369. The maximum Gasteiger partial charge on any atom is 0.295 e. The van der Waals surface area contributed by atoms with Crippen LogP contribution >= 0.6 is 11.6 Å². The number of hydrogen-bond donors (Lipinski definition) is 1. The van der Waals surface area contributed by atoms with Gasteiger partial charge in [0.05, 0.1) is 25.8 Å². The molecule has 1 unspecified atom stereocenters. The van der Waals surface area contributed by atoms with E-state index in [2.05, 4.69) is 0 Å². The normalized spacial score (nSPS) is 17.8. The summed E-state index contributed by atoms with van der Waals surface area (Å²) in [5.41, 5.74) is 0.965. The second-order valence-electron chi connectivity index (χ2n) is 7.74. The number of hydrogen-bond acceptors (Lipinski definition) is 6. The summed E-state index contributed by atoms with van der Waals surface area (Å²) in [5.74, 6) is -0.784. The Bertz CT molecular complexity index is 1030. The monoisotopic (exact) mass is 458 g/mol. The molecule has 3 rings (SSSR count). The topological polar surface area (TPSA) is 79.3 Å². The van der Waals surface area contributed by atoms with Crippen LogP contribution in [0.2, 0.25) is 5.02 Å². The third kappa shape index (κ3) is 4.59. The van der Waals surface area contributed by atoms with Gasteiger partial charge in [-0.15, -0.1) is 0 Å². The van der Waals surface area contributed by atoms with Crippen molar-refractivity contribution in [2.75, 3.05) is 41.4 Å². The number of likely N-dealkylation sites (tertiary alicyclic amines) is 1. The number of ketones is 1. The van der Waals surface area contributed by atoms with Crippen LogP contribution in [-0.4, -0.2) is 68.0 Å². The number of halogens is 1. The van der Waals surface area contributed by atoms with E-state index in [0.29, 0.717) is 40.6 Å². The molecule has 1 fully saturated rings. The van der Waals surface area contributed by atoms with Crippen molar-refractivity contribution < 1.29 is 24.2 Å². The van der Waals surface area contributed by atoms with Gasteiger partial charge in [0.15, 0.2) is 11.5 Å². The number of aliphatic hydroxyl groups excluding tert-OH is 1. The molecule has 1 N–H and O–H groups in total. The third-order valence-corrected chi connectivity index (χ3v) is 5.64. The number of amides is 1. The van der Waals surface area contributed by atoms with E-state index in [1.54, 1.807) is 42.5 Å². The molecule has 1 amide bonds. The maximum atomic E-state index is 13.1. The second-order valence-corrected chi connectivity index (χ2v) is 8.18. The Morgan fingerprint density at radius 3 is 2.38 bits per heavy atom. The van der Waals surface area contributed by atoms with Crippen molar-refractivity contribution in [3.05, 3.63) is 64.2 Å². The second kappa shape index (κ2) is 10.1. The number of methoxy groups -OCH3 is 2. The minimum absolute atomic E-state index is 0.00808. The molecule has 0 spiro atoms. The highest BCUT2D eigenvalue weighted by atomic mass is 35.5.